The number of nitrogens with two attached hydrogens (primary N) is 1. The molecule has 9 heteroatoms. The zero-order valence-electron chi connectivity index (χ0n) is 11.8. The molecule has 0 aliphatic carbocycles. The first-order chi connectivity index (χ1) is 10.4. The van der Waals surface area contributed by atoms with Crippen molar-refractivity contribution in [2.45, 2.75) is 18.9 Å². The van der Waals surface area contributed by atoms with Crippen LogP contribution in [-0.2, 0) is 10.2 Å². The molecule has 22 heavy (non-hydrogen) atoms. The van der Waals surface area contributed by atoms with Crippen molar-refractivity contribution in [3.63, 3.8) is 0 Å². The molecule has 118 valence electrons. The number of rotatable bonds is 3. The number of nitrogens with zero attached hydrogens (tertiary/aromatic N) is 2. The first-order valence-electron chi connectivity index (χ1n) is 6.74. The normalized spacial score (nSPS) is 16.7. The molecule has 1 aromatic rings. The Bertz CT molecular complexity index is 673. The highest BCUT2D eigenvalue weighted by atomic mass is 32.2. The molecule has 0 atom stereocenters. The number of hydrogen-bond donors (Lipinski definition) is 3. The highest BCUT2D eigenvalue weighted by Crippen LogP contribution is 2.13. The van der Waals surface area contributed by atoms with Gasteiger partial charge in [0.05, 0.1) is 11.6 Å². The van der Waals surface area contributed by atoms with E-state index in [1.165, 1.54) is 4.31 Å². The van der Waals surface area contributed by atoms with Gasteiger partial charge in [-0.2, -0.15) is 18.0 Å². The number of carbonyl (C=O) groups is 1. The van der Waals surface area contributed by atoms with Crippen molar-refractivity contribution in [2.24, 2.45) is 5.14 Å². The Morgan fingerprint density at radius 1 is 1.27 bits per heavy atom. The zero-order chi connectivity index (χ0) is 16.2. The van der Waals surface area contributed by atoms with Gasteiger partial charge >= 0.3 is 6.03 Å². The number of benzene rings is 1. The molecule has 1 saturated heterocycles. The molecule has 2 rings (SSSR count). The van der Waals surface area contributed by atoms with E-state index in [0.29, 0.717) is 37.2 Å². The SMILES string of the molecule is N#Cc1ccc(NC(=O)NC2CCN(S(N)(=O)=O)CC2)cc1. The molecule has 8 nitrogen and oxygen atoms in total. The lowest BCUT2D eigenvalue weighted by atomic mass is 10.1. The fraction of sp³-hybridized carbons (Fsp3) is 0.385. The third-order valence-electron chi connectivity index (χ3n) is 3.42. The number of anilines is 1. The maximum Gasteiger partial charge on any atom is 0.319 e. The van der Waals surface area contributed by atoms with Gasteiger partial charge in [-0.05, 0) is 37.1 Å². The lowest BCUT2D eigenvalue weighted by Gasteiger charge is -2.30. The first kappa shape index (κ1) is 16.2. The molecule has 0 aromatic heterocycles. The van der Waals surface area contributed by atoms with Crippen molar-refractivity contribution in [3.05, 3.63) is 29.8 Å². The van der Waals surface area contributed by atoms with Gasteiger partial charge in [-0.15, -0.1) is 0 Å². The molecule has 1 aliphatic rings. The summed E-state index contributed by atoms with van der Waals surface area (Å²) in [4.78, 5) is 11.9. The lowest BCUT2D eigenvalue weighted by Crippen LogP contribution is -2.49. The third kappa shape index (κ3) is 4.42. The molecule has 1 aliphatic heterocycles. The summed E-state index contributed by atoms with van der Waals surface area (Å²) in [7, 11) is -3.65. The smallest absolute Gasteiger partial charge is 0.319 e. The molecule has 1 heterocycles. The van der Waals surface area contributed by atoms with Gasteiger partial charge in [0.2, 0.25) is 0 Å². The summed E-state index contributed by atoms with van der Waals surface area (Å²) in [6.45, 7) is 0.585. The summed E-state index contributed by atoms with van der Waals surface area (Å²) in [6, 6.07) is 8.04. The van der Waals surface area contributed by atoms with Gasteiger partial charge in [0.15, 0.2) is 0 Å². The van der Waals surface area contributed by atoms with Crippen LogP contribution in [0.25, 0.3) is 0 Å². The fourth-order valence-corrected chi connectivity index (χ4v) is 2.96. The maximum absolute atomic E-state index is 11.9. The van der Waals surface area contributed by atoms with E-state index in [9.17, 15) is 13.2 Å². The number of nitrogens with one attached hydrogen (secondary N) is 2. The van der Waals surface area contributed by atoms with Crippen molar-refractivity contribution in [3.8, 4) is 6.07 Å². The monoisotopic (exact) mass is 323 g/mol. The molecule has 0 radical (unpaired) electrons. The maximum atomic E-state index is 11.9. The summed E-state index contributed by atoms with van der Waals surface area (Å²) >= 11 is 0. The minimum Gasteiger partial charge on any atom is -0.335 e. The first-order valence-corrected chi connectivity index (χ1v) is 8.24. The minimum atomic E-state index is -3.65. The Kier molecular flexibility index (Phi) is 4.97. The number of urea groups is 1. The average molecular weight is 323 g/mol. The molecule has 4 N–H and O–H groups in total. The predicted octanol–water partition coefficient (Wildman–Crippen LogP) is 0.348. The summed E-state index contributed by atoms with van der Waals surface area (Å²) in [5, 5.41) is 19.2. The molecular weight excluding hydrogens is 306 g/mol. The number of piperidine rings is 1. The standard InChI is InChI=1S/C13H17N5O3S/c14-9-10-1-3-11(4-2-10)16-13(19)17-12-5-7-18(8-6-12)22(15,20)21/h1-4,12H,5-8H2,(H2,15,20,21)(H2,16,17,19). The van der Waals surface area contributed by atoms with E-state index in [0.717, 1.165) is 0 Å². The molecule has 1 fully saturated rings. The molecule has 0 bridgehead atoms. The van der Waals surface area contributed by atoms with Crippen LogP contribution in [0.1, 0.15) is 18.4 Å². The largest absolute Gasteiger partial charge is 0.335 e. The second-order valence-corrected chi connectivity index (χ2v) is 6.55. The number of nitriles is 1. The van der Waals surface area contributed by atoms with Crippen LogP contribution < -0.4 is 15.8 Å². The highest BCUT2D eigenvalue weighted by Gasteiger charge is 2.26. The fourth-order valence-electron chi connectivity index (χ4n) is 2.24. The summed E-state index contributed by atoms with van der Waals surface area (Å²) in [5.41, 5.74) is 1.10. The average Bonchev–Trinajstić information content (AvgIpc) is 2.47. The number of hydrogen-bond acceptors (Lipinski definition) is 4. The molecule has 1 aromatic carbocycles. The number of carbonyl (C=O) groups excluding carboxylic acids is 1. The van der Waals surface area contributed by atoms with E-state index in [4.69, 9.17) is 10.4 Å². The van der Waals surface area contributed by atoms with E-state index in [2.05, 4.69) is 10.6 Å². The van der Waals surface area contributed by atoms with E-state index in [-0.39, 0.29) is 12.1 Å². The van der Waals surface area contributed by atoms with E-state index < -0.39 is 10.2 Å². The van der Waals surface area contributed by atoms with Crippen molar-refractivity contribution in [1.29, 1.82) is 5.26 Å². The summed E-state index contributed by atoms with van der Waals surface area (Å²) in [6.07, 6.45) is 1.02. The van der Waals surface area contributed by atoms with Crippen LogP contribution >= 0.6 is 0 Å². The molecular formula is C13H17N5O3S. The van der Waals surface area contributed by atoms with Gasteiger partial charge in [0, 0.05) is 24.8 Å². The van der Waals surface area contributed by atoms with Crippen LogP contribution in [0, 0.1) is 11.3 Å². The van der Waals surface area contributed by atoms with Gasteiger partial charge in [-0.1, -0.05) is 0 Å². The van der Waals surface area contributed by atoms with Gasteiger partial charge in [-0.25, -0.2) is 9.93 Å². The quantitative estimate of drug-likeness (QED) is 0.741. The van der Waals surface area contributed by atoms with Gasteiger partial charge in [-0.3, -0.25) is 0 Å². The molecule has 0 spiro atoms. The molecule has 0 unspecified atom stereocenters. The summed E-state index contributed by atoms with van der Waals surface area (Å²) in [5.74, 6) is 0. The zero-order valence-corrected chi connectivity index (χ0v) is 12.6. The second kappa shape index (κ2) is 6.74. The molecule has 2 amide bonds. The van der Waals surface area contributed by atoms with Crippen molar-refractivity contribution >= 4 is 21.9 Å². The third-order valence-corrected chi connectivity index (χ3v) is 4.51. The van der Waals surface area contributed by atoms with Crippen LogP contribution in [0.15, 0.2) is 24.3 Å². The Morgan fingerprint density at radius 2 is 1.86 bits per heavy atom. The Hall–Kier alpha value is -2.15. The topological polar surface area (TPSA) is 128 Å². The Labute approximate surface area is 129 Å². The van der Waals surface area contributed by atoms with Crippen molar-refractivity contribution in [1.82, 2.24) is 9.62 Å². The van der Waals surface area contributed by atoms with Crippen molar-refractivity contribution in [2.75, 3.05) is 18.4 Å². The Balaban J connectivity index is 1.82. The van der Waals surface area contributed by atoms with Gasteiger partial charge in [0.25, 0.3) is 10.2 Å². The van der Waals surface area contributed by atoms with E-state index in [1.807, 2.05) is 6.07 Å². The number of amides is 2. The highest BCUT2D eigenvalue weighted by molar-refractivity contribution is 7.86. The van der Waals surface area contributed by atoms with E-state index >= 15 is 0 Å². The molecule has 0 saturated carbocycles. The van der Waals surface area contributed by atoms with Crippen LogP contribution in [-0.4, -0.2) is 37.9 Å². The van der Waals surface area contributed by atoms with Gasteiger partial charge in [0.1, 0.15) is 0 Å². The van der Waals surface area contributed by atoms with Gasteiger partial charge < -0.3 is 10.6 Å². The van der Waals surface area contributed by atoms with Crippen molar-refractivity contribution < 1.29 is 13.2 Å². The van der Waals surface area contributed by atoms with Crippen LogP contribution in [0.4, 0.5) is 10.5 Å². The summed E-state index contributed by atoms with van der Waals surface area (Å²) < 4.78 is 23.6. The lowest BCUT2D eigenvalue weighted by molar-refractivity contribution is 0.238. The van der Waals surface area contributed by atoms with Crippen LogP contribution in [0.2, 0.25) is 0 Å². The predicted molar refractivity (Wildman–Crippen MR) is 81.0 cm³/mol. The van der Waals surface area contributed by atoms with Crippen LogP contribution in [0.5, 0.6) is 0 Å². The van der Waals surface area contributed by atoms with E-state index in [1.54, 1.807) is 24.3 Å². The second-order valence-electron chi connectivity index (χ2n) is 5.01. The Morgan fingerprint density at radius 3 is 2.36 bits per heavy atom. The minimum absolute atomic E-state index is 0.101. The van der Waals surface area contributed by atoms with Crippen LogP contribution in [0.3, 0.4) is 0 Å².